The summed E-state index contributed by atoms with van der Waals surface area (Å²) in [4.78, 5) is 28.8. The number of nitrogens with zero attached hydrogens (tertiary/aromatic N) is 1. The summed E-state index contributed by atoms with van der Waals surface area (Å²) in [5, 5.41) is 0.992. The van der Waals surface area contributed by atoms with E-state index in [1.807, 2.05) is 24.3 Å². The van der Waals surface area contributed by atoms with Crippen LogP contribution in [0.5, 0.6) is 0 Å². The minimum atomic E-state index is 0.166. The van der Waals surface area contributed by atoms with Gasteiger partial charge >= 0.3 is 0 Å². The number of rotatable bonds is 4. The van der Waals surface area contributed by atoms with E-state index in [1.54, 1.807) is 6.20 Å². The highest BCUT2D eigenvalue weighted by molar-refractivity contribution is 6.07. The van der Waals surface area contributed by atoms with Crippen molar-refractivity contribution >= 4 is 22.5 Å². The van der Waals surface area contributed by atoms with Gasteiger partial charge in [0.15, 0.2) is 5.78 Å². The third-order valence-electron chi connectivity index (χ3n) is 3.96. The van der Waals surface area contributed by atoms with E-state index in [0.717, 1.165) is 36.1 Å². The average molecular weight is 270 g/mol. The Morgan fingerprint density at radius 1 is 1.20 bits per heavy atom. The smallest absolute Gasteiger partial charge is 0.166 e. The van der Waals surface area contributed by atoms with Crippen LogP contribution in [0.1, 0.15) is 29.6 Å². The fraction of sp³-hybridized carbons (Fsp3) is 0.375. The molecule has 1 aliphatic heterocycles. The topological polar surface area (TPSA) is 53.2 Å². The Bertz CT molecular complexity index is 635. The second-order valence-electron chi connectivity index (χ2n) is 5.30. The first-order valence-electron chi connectivity index (χ1n) is 7.07. The zero-order valence-corrected chi connectivity index (χ0v) is 11.4. The first-order valence-corrected chi connectivity index (χ1v) is 7.07. The number of hydrogen-bond donors (Lipinski definition) is 1. The second kappa shape index (κ2) is 5.59. The molecule has 0 amide bonds. The quantitative estimate of drug-likeness (QED) is 0.868. The van der Waals surface area contributed by atoms with Crippen molar-refractivity contribution in [1.29, 1.82) is 0 Å². The normalized spacial score (nSPS) is 16.7. The summed E-state index contributed by atoms with van der Waals surface area (Å²) in [6.07, 6.45) is 3.56. The molecule has 4 nitrogen and oxygen atoms in total. The van der Waals surface area contributed by atoms with Gasteiger partial charge in [-0.15, -0.1) is 0 Å². The van der Waals surface area contributed by atoms with Crippen molar-refractivity contribution in [3.63, 3.8) is 0 Å². The van der Waals surface area contributed by atoms with Crippen molar-refractivity contribution in [2.45, 2.75) is 19.3 Å². The molecule has 1 aliphatic rings. The van der Waals surface area contributed by atoms with Crippen LogP contribution < -0.4 is 0 Å². The molecular weight excluding hydrogens is 252 g/mol. The minimum absolute atomic E-state index is 0.166. The number of hydrogen-bond acceptors (Lipinski definition) is 3. The Balaban J connectivity index is 1.63. The van der Waals surface area contributed by atoms with Crippen LogP contribution >= 0.6 is 0 Å². The molecule has 3 rings (SSSR count). The van der Waals surface area contributed by atoms with E-state index in [0.29, 0.717) is 25.0 Å². The largest absolute Gasteiger partial charge is 0.360 e. The van der Waals surface area contributed by atoms with Gasteiger partial charge in [0.05, 0.1) is 0 Å². The molecule has 0 spiro atoms. The highest BCUT2D eigenvalue weighted by Gasteiger charge is 2.18. The van der Waals surface area contributed by atoms with Gasteiger partial charge in [-0.2, -0.15) is 0 Å². The van der Waals surface area contributed by atoms with E-state index in [-0.39, 0.29) is 5.78 Å². The number of aromatic nitrogens is 1. The van der Waals surface area contributed by atoms with Gasteiger partial charge in [0.1, 0.15) is 5.78 Å². The van der Waals surface area contributed by atoms with Gasteiger partial charge in [0.25, 0.3) is 0 Å². The Hall–Kier alpha value is -1.94. The maximum Gasteiger partial charge on any atom is 0.166 e. The number of fused-ring (bicyclic) bond motifs is 1. The number of H-pyrrole nitrogens is 1. The van der Waals surface area contributed by atoms with E-state index in [1.165, 1.54) is 0 Å². The van der Waals surface area contributed by atoms with Gasteiger partial charge in [0.2, 0.25) is 0 Å². The minimum Gasteiger partial charge on any atom is -0.360 e. The van der Waals surface area contributed by atoms with Crippen molar-refractivity contribution in [1.82, 2.24) is 9.88 Å². The lowest BCUT2D eigenvalue weighted by atomic mass is 10.1. The van der Waals surface area contributed by atoms with E-state index in [4.69, 9.17) is 0 Å². The molecule has 104 valence electrons. The summed E-state index contributed by atoms with van der Waals surface area (Å²) in [5.41, 5.74) is 1.77. The highest BCUT2D eigenvalue weighted by Crippen LogP contribution is 2.19. The van der Waals surface area contributed by atoms with E-state index < -0.39 is 0 Å². The van der Waals surface area contributed by atoms with Crippen molar-refractivity contribution in [2.24, 2.45) is 0 Å². The molecule has 0 aliphatic carbocycles. The maximum absolute atomic E-state index is 12.3. The molecule has 1 aromatic carbocycles. The number of ketones is 2. The molecular formula is C16H18N2O2. The number of benzene rings is 1. The van der Waals surface area contributed by atoms with Gasteiger partial charge in [-0.25, -0.2) is 0 Å². The molecule has 2 heterocycles. The SMILES string of the molecule is O=C1CCN(CCC(=O)c2c[nH]c3ccccc23)CC1. The van der Waals surface area contributed by atoms with Gasteiger partial charge in [0, 0.05) is 61.6 Å². The van der Waals surface area contributed by atoms with Crippen molar-refractivity contribution in [2.75, 3.05) is 19.6 Å². The number of carbonyl (C=O) groups excluding carboxylic acids is 2. The zero-order chi connectivity index (χ0) is 13.9. The van der Waals surface area contributed by atoms with Crippen LogP contribution in [0.2, 0.25) is 0 Å². The third kappa shape index (κ3) is 2.65. The van der Waals surface area contributed by atoms with Crippen LogP contribution in [0.25, 0.3) is 10.9 Å². The number of Topliss-reactive ketones (excluding diaryl/α,β-unsaturated/α-hetero) is 2. The first kappa shape index (κ1) is 13.1. The van der Waals surface area contributed by atoms with Gasteiger partial charge in [-0.05, 0) is 6.07 Å². The molecule has 1 saturated heterocycles. The fourth-order valence-electron chi connectivity index (χ4n) is 2.72. The number of likely N-dealkylation sites (tertiary alicyclic amines) is 1. The molecule has 0 saturated carbocycles. The van der Waals surface area contributed by atoms with Gasteiger partial charge < -0.3 is 9.88 Å². The molecule has 0 unspecified atom stereocenters. The lowest BCUT2D eigenvalue weighted by molar-refractivity contribution is -0.121. The van der Waals surface area contributed by atoms with Crippen LogP contribution in [0, 0.1) is 0 Å². The van der Waals surface area contributed by atoms with E-state index >= 15 is 0 Å². The predicted molar refractivity (Wildman–Crippen MR) is 77.9 cm³/mol. The summed E-state index contributed by atoms with van der Waals surface area (Å²) in [5.74, 6) is 0.503. The summed E-state index contributed by atoms with van der Waals surface area (Å²) >= 11 is 0. The average Bonchev–Trinajstić information content (AvgIpc) is 2.90. The molecule has 20 heavy (non-hydrogen) atoms. The summed E-state index contributed by atoms with van der Waals surface area (Å²) in [7, 11) is 0. The monoisotopic (exact) mass is 270 g/mol. The maximum atomic E-state index is 12.3. The Labute approximate surface area is 117 Å². The van der Waals surface area contributed by atoms with Crippen LogP contribution in [-0.2, 0) is 4.79 Å². The van der Waals surface area contributed by atoms with Crippen molar-refractivity contribution in [3.05, 3.63) is 36.0 Å². The van der Waals surface area contributed by atoms with Crippen LogP contribution in [0.4, 0.5) is 0 Å². The van der Waals surface area contributed by atoms with Crippen molar-refractivity contribution in [3.8, 4) is 0 Å². The fourth-order valence-corrected chi connectivity index (χ4v) is 2.72. The number of piperidine rings is 1. The summed E-state index contributed by atoms with van der Waals surface area (Å²) in [6.45, 7) is 2.33. The zero-order valence-electron chi connectivity index (χ0n) is 11.4. The molecule has 4 heteroatoms. The van der Waals surface area contributed by atoms with E-state index in [9.17, 15) is 9.59 Å². The number of aromatic amines is 1. The van der Waals surface area contributed by atoms with Crippen LogP contribution in [0.3, 0.4) is 0 Å². The molecule has 0 radical (unpaired) electrons. The number of carbonyl (C=O) groups is 2. The highest BCUT2D eigenvalue weighted by atomic mass is 16.1. The lowest BCUT2D eigenvalue weighted by Gasteiger charge is -2.25. The molecule has 2 aromatic rings. The second-order valence-corrected chi connectivity index (χ2v) is 5.30. The number of nitrogens with one attached hydrogen (secondary N) is 1. The molecule has 1 aromatic heterocycles. The first-order chi connectivity index (χ1) is 9.74. The van der Waals surface area contributed by atoms with Gasteiger partial charge in [-0.1, -0.05) is 18.2 Å². The Morgan fingerprint density at radius 3 is 2.75 bits per heavy atom. The third-order valence-corrected chi connectivity index (χ3v) is 3.96. The van der Waals surface area contributed by atoms with Crippen LogP contribution in [-0.4, -0.2) is 41.1 Å². The standard InChI is InChI=1S/C16H18N2O2/c19-12-5-8-18(9-6-12)10-7-16(20)14-11-17-15-4-2-1-3-13(14)15/h1-4,11,17H,5-10H2. The molecule has 1 N–H and O–H groups in total. The molecule has 0 atom stereocenters. The summed E-state index contributed by atoms with van der Waals surface area (Å²) in [6, 6.07) is 7.85. The Kier molecular flexibility index (Phi) is 3.65. The number of para-hydroxylation sites is 1. The van der Waals surface area contributed by atoms with Crippen LogP contribution in [0.15, 0.2) is 30.5 Å². The predicted octanol–water partition coefficient (Wildman–Crippen LogP) is 2.41. The van der Waals surface area contributed by atoms with Crippen molar-refractivity contribution < 1.29 is 9.59 Å². The van der Waals surface area contributed by atoms with E-state index in [2.05, 4.69) is 9.88 Å². The lowest BCUT2D eigenvalue weighted by Crippen LogP contribution is -2.35. The van der Waals surface area contributed by atoms with Gasteiger partial charge in [-0.3, -0.25) is 9.59 Å². The molecule has 1 fully saturated rings. The summed E-state index contributed by atoms with van der Waals surface area (Å²) < 4.78 is 0. The Morgan fingerprint density at radius 2 is 1.95 bits per heavy atom. The molecule has 0 bridgehead atoms.